The van der Waals surface area contributed by atoms with Crippen LogP contribution in [0, 0.1) is 5.82 Å². The number of phosphoric ester groups is 1. The SMILES string of the molecule is CCOP(=O)(OCC)OC(c1ccc(C(=O)CCN(C)c2ccccn2)c(F)c1)P(=O)(OCC)OCC. The Morgan fingerprint density at radius 1 is 0.973 bits per heavy atom. The number of carbonyl (C=O) groups excluding carboxylic acids is 1. The minimum atomic E-state index is -4.21. The lowest BCUT2D eigenvalue weighted by molar-refractivity contribution is 0.0890. The molecule has 2 aromatic rings. The molecule has 1 unspecified atom stereocenters. The van der Waals surface area contributed by atoms with Crippen LogP contribution in [0.2, 0.25) is 0 Å². The number of halogens is 1. The van der Waals surface area contributed by atoms with Crippen LogP contribution in [0.4, 0.5) is 10.2 Å². The molecule has 0 radical (unpaired) electrons. The van der Waals surface area contributed by atoms with Gasteiger partial charge in [0.1, 0.15) is 11.6 Å². The second-order valence-corrected chi connectivity index (χ2v) is 11.3. The molecule has 0 saturated carbocycles. The highest BCUT2D eigenvalue weighted by molar-refractivity contribution is 7.55. The second kappa shape index (κ2) is 14.8. The molecule has 37 heavy (non-hydrogen) atoms. The lowest BCUT2D eigenvalue weighted by Crippen LogP contribution is -2.22. The predicted octanol–water partition coefficient (Wildman–Crippen LogP) is 6.39. The van der Waals surface area contributed by atoms with Gasteiger partial charge in [-0.25, -0.2) is 13.9 Å². The molecule has 1 heterocycles. The first kappa shape index (κ1) is 31.2. The van der Waals surface area contributed by atoms with Crippen LogP contribution in [-0.4, -0.2) is 50.8 Å². The summed E-state index contributed by atoms with van der Waals surface area (Å²) in [6.45, 7) is 6.59. The summed E-state index contributed by atoms with van der Waals surface area (Å²) in [5.74, 6) is -2.25. The Balaban J connectivity index is 2.35. The number of phosphoric acid groups is 1. The Bertz CT molecular complexity index is 1090. The van der Waals surface area contributed by atoms with Gasteiger partial charge in [0.15, 0.2) is 11.6 Å². The average molecular weight is 560 g/mol. The molecule has 206 valence electrons. The van der Waals surface area contributed by atoms with E-state index in [1.54, 1.807) is 58.0 Å². The molecule has 0 fully saturated rings. The van der Waals surface area contributed by atoms with Crippen molar-refractivity contribution in [1.29, 1.82) is 0 Å². The fourth-order valence-electron chi connectivity index (χ4n) is 3.38. The van der Waals surface area contributed by atoms with Gasteiger partial charge in [-0.15, -0.1) is 0 Å². The van der Waals surface area contributed by atoms with E-state index in [0.29, 0.717) is 12.4 Å². The summed E-state index contributed by atoms with van der Waals surface area (Å²) in [6, 6.07) is 9.03. The molecule has 0 saturated heterocycles. The van der Waals surface area contributed by atoms with Crippen LogP contribution in [0.3, 0.4) is 0 Å². The van der Waals surface area contributed by atoms with E-state index in [1.807, 2.05) is 6.07 Å². The molecule has 1 aromatic carbocycles. The highest BCUT2D eigenvalue weighted by Crippen LogP contribution is 2.67. The number of benzene rings is 1. The van der Waals surface area contributed by atoms with Gasteiger partial charge in [-0.1, -0.05) is 12.1 Å². The molecule has 1 aromatic heterocycles. The molecule has 0 aliphatic rings. The lowest BCUT2D eigenvalue weighted by atomic mass is 10.0. The molecular formula is C24H35FN2O8P2. The number of aromatic nitrogens is 1. The van der Waals surface area contributed by atoms with E-state index in [-0.39, 0.29) is 44.0 Å². The van der Waals surface area contributed by atoms with Crippen molar-refractivity contribution in [2.45, 2.75) is 40.0 Å². The summed E-state index contributed by atoms with van der Waals surface area (Å²) in [7, 11) is -6.57. The standard InChI is InChI=1S/C24H35FN2O8P2/c1-6-31-36(29,32-7-2)24(35-37(30,33-8-3)34-9-4)19-13-14-20(21(25)18-19)22(28)15-17-27(5)23-12-10-11-16-26-23/h10-14,16,18,24H,6-9,15,17H2,1-5H3. The van der Waals surface area contributed by atoms with Gasteiger partial charge in [-0.2, -0.15) is 0 Å². The van der Waals surface area contributed by atoms with Crippen molar-refractivity contribution in [3.8, 4) is 0 Å². The molecule has 0 N–H and O–H groups in total. The van der Waals surface area contributed by atoms with E-state index in [9.17, 15) is 13.9 Å². The minimum Gasteiger partial charge on any atom is -0.359 e. The Kier molecular flexibility index (Phi) is 12.5. The van der Waals surface area contributed by atoms with Crippen molar-refractivity contribution < 1.29 is 40.9 Å². The second-order valence-electron chi connectivity index (χ2n) is 7.64. The first-order chi connectivity index (χ1) is 17.6. The average Bonchev–Trinajstić information content (AvgIpc) is 2.86. The predicted molar refractivity (Wildman–Crippen MR) is 138 cm³/mol. The number of hydrogen-bond donors (Lipinski definition) is 0. The first-order valence-electron chi connectivity index (χ1n) is 12.0. The monoisotopic (exact) mass is 560 g/mol. The summed E-state index contributed by atoms with van der Waals surface area (Å²) < 4.78 is 68.7. The van der Waals surface area contributed by atoms with E-state index in [4.69, 9.17) is 22.6 Å². The summed E-state index contributed by atoms with van der Waals surface area (Å²) in [5.41, 5.74) is -0.165. The zero-order valence-corrected chi connectivity index (χ0v) is 23.6. The van der Waals surface area contributed by atoms with Gasteiger partial charge in [0.2, 0.25) is 0 Å². The number of nitrogens with zero attached hydrogens (tertiary/aromatic N) is 2. The van der Waals surface area contributed by atoms with Crippen molar-refractivity contribution in [3.63, 3.8) is 0 Å². The van der Waals surface area contributed by atoms with E-state index in [1.165, 1.54) is 12.1 Å². The number of rotatable bonds is 17. The van der Waals surface area contributed by atoms with Crippen LogP contribution in [0.1, 0.15) is 55.9 Å². The fraction of sp³-hybridized carbons (Fsp3) is 0.500. The molecule has 1 atom stereocenters. The maximum atomic E-state index is 15.2. The van der Waals surface area contributed by atoms with Crippen molar-refractivity contribution in [3.05, 3.63) is 59.5 Å². The number of hydrogen-bond acceptors (Lipinski definition) is 10. The third-order valence-corrected chi connectivity index (χ3v) is 9.00. The molecule has 0 amide bonds. The number of ketones is 1. The molecule has 10 nitrogen and oxygen atoms in total. The van der Waals surface area contributed by atoms with Crippen molar-refractivity contribution >= 4 is 27.0 Å². The van der Waals surface area contributed by atoms with Gasteiger partial charge < -0.3 is 13.9 Å². The van der Waals surface area contributed by atoms with Gasteiger partial charge in [-0.05, 0) is 57.5 Å². The van der Waals surface area contributed by atoms with Gasteiger partial charge in [0, 0.05) is 26.2 Å². The largest absolute Gasteiger partial charge is 0.475 e. The first-order valence-corrected chi connectivity index (χ1v) is 15.1. The quantitative estimate of drug-likeness (QED) is 0.159. The van der Waals surface area contributed by atoms with Crippen LogP contribution >= 0.6 is 15.4 Å². The van der Waals surface area contributed by atoms with Crippen LogP contribution in [0.5, 0.6) is 0 Å². The third-order valence-electron chi connectivity index (χ3n) is 5.00. The molecule has 0 bridgehead atoms. The molecule has 0 spiro atoms. The smallest absolute Gasteiger partial charge is 0.359 e. The van der Waals surface area contributed by atoms with Gasteiger partial charge >= 0.3 is 15.4 Å². The molecule has 2 rings (SSSR count). The lowest BCUT2D eigenvalue weighted by Gasteiger charge is -2.29. The zero-order valence-electron chi connectivity index (χ0n) is 21.8. The van der Waals surface area contributed by atoms with Crippen LogP contribution < -0.4 is 4.90 Å². The van der Waals surface area contributed by atoms with Crippen molar-refractivity contribution in [2.24, 2.45) is 0 Å². The molecule has 13 heteroatoms. The highest BCUT2D eigenvalue weighted by atomic mass is 31.2. The number of anilines is 1. The highest BCUT2D eigenvalue weighted by Gasteiger charge is 2.44. The summed E-state index contributed by atoms with van der Waals surface area (Å²) in [6.07, 6.45) is 1.67. The van der Waals surface area contributed by atoms with E-state index in [0.717, 1.165) is 6.07 Å². The van der Waals surface area contributed by atoms with E-state index < -0.39 is 32.9 Å². The van der Waals surface area contributed by atoms with Gasteiger partial charge in [0.25, 0.3) is 0 Å². The maximum absolute atomic E-state index is 15.2. The number of Topliss-reactive ketones (excluding diaryl/α,β-unsaturated/α-hetero) is 1. The summed E-state index contributed by atoms with van der Waals surface area (Å²) >= 11 is 0. The van der Waals surface area contributed by atoms with Crippen LogP contribution in [-0.2, 0) is 31.7 Å². The van der Waals surface area contributed by atoms with Crippen LogP contribution in [0.15, 0.2) is 42.6 Å². The van der Waals surface area contributed by atoms with Crippen LogP contribution in [0.25, 0.3) is 0 Å². The minimum absolute atomic E-state index is 0.00971. The molecular weight excluding hydrogens is 525 g/mol. The normalized spacial score (nSPS) is 12.9. The molecule has 0 aliphatic heterocycles. The molecule has 0 aliphatic carbocycles. The van der Waals surface area contributed by atoms with E-state index in [2.05, 4.69) is 4.98 Å². The van der Waals surface area contributed by atoms with Gasteiger partial charge in [-0.3, -0.25) is 22.9 Å². The van der Waals surface area contributed by atoms with Crippen molar-refractivity contribution in [2.75, 3.05) is 44.9 Å². The van der Waals surface area contributed by atoms with Crippen molar-refractivity contribution in [1.82, 2.24) is 4.98 Å². The zero-order chi connectivity index (χ0) is 27.5. The summed E-state index contributed by atoms with van der Waals surface area (Å²) in [4.78, 5) is 18.8. The maximum Gasteiger partial charge on any atom is 0.475 e. The fourth-order valence-corrected chi connectivity index (χ4v) is 6.97. The number of carbonyl (C=O) groups is 1. The third kappa shape index (κ3) is 8.79. The van der Waals surface area contributed by atoms with Gasteiger partial charge in [0.05, 0.1) is 32.0 Å². The Labute approximate surface area is 217 Å². The topological polar surface area (TPSA) is 113 Å². The van der Waals surface area contributed by atoms with E-state index >= 15 is 4.39 Å². The summed E-state index contributed by atoms with van der Waals surface area (Å²) in [5, 5.41) is 0. The Hall–Kier alpha value is -1.97. The Morgan fingerprint density at radius 2 is 1.59 bits per heavy atom. The Morgan fingerprint density at radius 3 is 2.11 bits per heavy atom. The number of pyridine rings is 1.